The maximum atomic E-state index is 11.0. The second-order valence-electron chi connectivity index (χ2n) is 8.34. The lowest BCUT2D eigenvalue weighted by molar-refractivity contribution is -2.00. The van der Waals surface area contributed by atoms with Crippen LogP contribution in [0.3, 0.4) is 0 Å². The van der Waals surface area contributed by atoms with Gasteiger partial charge in [0.1, 0.15) is 0 Å². The highest BCUT2D eigenvalue weighted by atomic mass is 35.7. The summed E-state index contributed by atoms with van der Waals surface area (Å²) < 4.78 is 34.0. The van der Waals surface area contributed by atoms with Crippen LogP contribution in [0.1, 0.15) is 61.7 Å². The average Bonchev–Trinajstić information content (AvgIpc) is 2.51. The maximum Gasteiger partial charge on any atom is 0.335 e. The highest BCUT2D eigenvalue weighted by molar-refractivity contribution is 7.12. The van der Waals surface area contributed by atoms with E-state index in [9.17, 15) is 4.79 Å². The molecule has 0 radical (unpaired) electrons. The molecular formula is C20H25ClO6S. The van der Waals surface area contributed by atoms with Crippen molar-refractivity contribution in [2.24, 2.45) is 0 Å². The zero-order chi connectivity index (χ0) is 21.9. The molecule has 1 heterocycles. The van der Waals surface area contributed by atoms with Gasteiger partial charge in [0, 0.05) is 23.0 Å². The fraction of sp³-hybridized carbons (Fsp3) is 0.400. The van der Waals surface area contributed by atoms with E-state index in [1.807, 2.05) is 23.5 Å². The summed E-state index contributed by atoms with van der Waals surface area (Å²) in [4.78, 5) is 13.7. The molecule has 0 aliphatic carbocycles. The quantitative estimate of drug-likeness (QED) is 0.716. The lowest BCUT2D eigenvalue weighted by Gasteiger charge is -2.17. The van der Waals surface area contributed by atoms with E-state index >= 15 is 0 Å². The van der Waals surface area contributed by atoms with Crippen molar-refractivity contribution in [2.45, 2.75) is 52.4 Å². The molecule has 2 aromatic rings. The molecule has 8 heteroatoms. The summed E-state index contributed by atoms with van der Waals surface area (Å²) in [5.41, 5.74) is 2.69. The second-order valence-corrected chi connectivity index (χ2v) is 10.2. The van der Waals surface area contributed by atoms with E-state index in [0.717, 1.165) is 11.1 Å². The lowest BCUT2D eigenvalue weighted by Crippen LogP contribution is -2.68. The topological polar surface area (TPSA) is 130 Å². The minimum Gasteiger partial charge on any atom is -0.478 e. The van der Waals surface area contributed by atoms with Gasteiger partial charge in [-0.15, -0.1) is 10.2 Å². The Kier molecular flexibility index (Phi) is 7.69. The normalized spacial score (nSPS) is 12.2. The van der Waals surface area contributed by atoms with Crippen molar-refractivity contribution in [3.8, 4) is 11.1 Å². The van der Waals surface area contributed by atoms with Crippen LogP contribution in [0.5, 0.6) is 0 Å². The highest BCUT2D eigenvalue weighted by Gasteiger charge is 2.32. The Bertz CT molecular complexity index is 776. The van der Waals surface area contributed by atoms with Crippen LogP contribution in [-0.4, -0.2) is 11.1 Å². The summed E-state index contributed by atoms with van der Waals surface area (Å²) in [6, 6.07) is 11.6. The smallest absolute Gasteiger partial charge is 0.335 e. The number of carbonyl (C=O) groups is 1. The number of halogens is 1. The first-order valence-corrected chi connectivity index (χ1v) is 10.5. The van der Waals surface area contributed by atoms with Gasteiger partial charge in [0.05, 0.1) is 5.56 Å². The van der Waals surface area contributed by atoms with Gasteiger partial charge in [-0.1, -0.05) is 53.7 Å². The Labute approximate surface area is 171 Å². The molecule has 0 saturated heterocycles. The van der Waals surface area contributed by atoms with Gasteiger partial charge in [0.25, 0.3) is 0 Å². The summed E-state index contributed by atoms with van der Waals surface area (Å²) in [5, 5.41) is 9.05. The Hall–Kier alpha value is -1.61. The molecule has 0 fully saturated rings. The first-order chi connectivity index (χ1) is 12.5. The van der Waals surface area contributed by atoms with Crippen LogP contribution < -0.4 is 18.6 Å². The number of hydrogen-bond donors (Lipinski definition) is 1. The standard InChI is InChI=1S/C20H24O2S.ClHO4/c1-19(2,3)16-11-15(12-17(23-16)20(4,5)6)13-7-9-14(10-8-13)18(21)22;2-1(3,4)5/h7-12H,1-6H3;(H,2,3,4,5). The SMILES string of the molecule is CC(C)(C)c1cc(-c2ccc(C(=O)O)cc2)cc(C(C)(C)C)[s+]1.[O-][Cl+3]([O-])([O-])[O-]. The molecule has 28 heavy (non-hydrogen) atoms. The van der Waals surface area contributed by atoms with E-state index in [4.69, 9.17) is 23.7 Å². The van der Waals surface area contributed by atoms with Gasteiger partial charge in [0.15, 0.2) is 0 Å². The number of carboxylic acid groups (broad SMARTS) is 1. The molecule has 1 aromatic heterocycles. The molecule has 1 aromatic carbocycles. The van der Waals surface area contributed by atoms with Gasteiger partial charge in [-0.05, 0) is 23.3 Å². The number of carboxylic acids is 1. The summed E-state index contributed by atoms with van der Waals surface area (Å²) in [7, 11) is -4.94. The highest BCUT2D eigenvalue weighted by Crippen LogP contribution is 2.37. The van der Waals surface area contributed by atoms with Crippen LogP contribution in [0.2, 0.25) is 0 Å². The molecule has 0 unspecified atom stereocenters. The van der Waals surface area contributed by atoms with Crippen molar-refractivity contribution in [1.29, 1.82) is 0 Å². The molecule has 0 saturated carbocycles. The molecule has 0 atom stereocenters. The van der Waals surface area contributed by atoms with Crippen molar-refractivity contribution in [2.75, 3.05) is 0 Å². The van der Waals surface area contributed by atoms with Crippen LogP contribution in [0, 0.1) is 10.2 Å². The van der Waals surface area contributed by atoms with E-state index in [0.29, 0.717) is 5.56 Å². The first-order valence-electron chi connectivity index (χ1n) is 8.43. The predicted octanol–water partition coefficient (Wildman–Crippen LogP) is 1.23. The fourth-order valence-corrected chi connectivity index (χ4v) is 3.43. The number of aromatic carboxylic acids is 1. The number of rotatable bonds is 2. The predicted molar refractivity (Wildman–Crippen MR) is 98.5 cm³/mol. The monoisotopic (exact) mass is 428 g/mol. The minimum atomic E-state index is -4.94. The minimum absolute atomic E-state index is 0.0850. The maximum absolute atomic E-state index is 11.0. The van der Waals surface area contributed by atoms with Crippen LogP contribution in [0.4, 0.5) is 0 Å². The molecule has 0 spiro atoms. The van der Waals surface area contributed by atoms with E-state index in [-0.39, 0.29) is 10.8 Å². The molecule has 154 valence electrons. The molecule has 0 bridgehead atoms. The van der Waals surface area contributed by atoms with E-state index in [1.165, 1.54) is 9.75 Å². The van der Waals surface area contributed by atoms with E-state index in [2.05, 4.69) is 53.7 Å². The third-order valence-electron chi connectivity index (χ3n) is 3.74. The van der Waals surface area contributed by atoms with Gasteiger partial charge < -0.3 is 5.11 Å². The van der Waals surface area contributed by atoms with Crippen molar-refractivity contribution >= 4 is 17.3 Å². The van der Waals surface area contributed by atoms with Crippen molar-refractivity contribution in [1.82, 2.24) is 0 Å². The van der Waals surface area contributed by atoms with Gasteiger partial charge in [0.2, 0.25) is 21.1 Å². The zero-order valence-electron chi connectivity index (χ0n) is 16.7. The summed E-state index contributed by atoms with van der Waals surface area (Å²) in [5.74, 6) is -0.891. The molecule has 0 aliphatic heterocycles. The lowest BCUT2D eigenvalue weighted by atomic mass is 9.90. The molecule has 6 nitrogen and oxygen atoms in total. The Morgan fingerprint density at radius 3 is 1.46 bits per heavy atom. The Balaban J connectivity index is 0.000000696. The zero-order valence-corrected chi connectivity index (χ0v) is 18.3. The van der Waals surface area contributed by atoms with Crippen molar-refractivity contribution in [3.63, 3.8) is 0 Å². The first kappa shape index (κ1) is 24.4. The fourth-order valence-electron chi connectivity index (χ4n) is 2.21. The van der Waals surface area contributed by atoms with Crippen LogP contribution in [0.25, 0.3) is 11.1 Å². The molecule has 0 aliphatic rings. The van der Waals surface area contributed by atoms with Crippen molar-refractivity contribution in [3.05, 3.63) is 51.7 Å². The molecule has 0 amide bonds. The van der Waals surface area contributed by atoms with Crippen LogP contribution in [0.15, 0.2) is 36.4 Å². The van der Waals surface area contributed by atoms with Gasteiger partial charge in [-0.25, -0.2) is 23.4 Å². The largest absolute Gasteiger partial charge is 0.478 e. The second kappa shape index (κ2) is 8.82. The third-order valence-corrected chi connectivity index (χ3v) is 5.64. The number of benzene rings is 1. The van der Waals surface area contributed by atoms with Crippen molar-refractivity contribution < 1.29 is 38.8 Å². The summed E-state index contributed by atoms with van der Waals surface area (Å²) in [6.07, 6.45) is 0. The summed E-state index contributed by atoms with van der Waals surface area (Å²) in [6.45, 7) is 13.3. The molecular weight excluding hydrogens is 404 g/mol. The van der Waals surface area contributed by atoms with E-state index in [1.54, 1.807) is 12.1 Å². The third kappa shape index (κ3) is 8.18. The van der Waals surface area contributed by atoms with Crippen LogP contribution in [-0.2, 0) is 10.8 Å². The van der Waals surface area contributed by atoms with Crippen LogP contribution >= 0.6 is 11.3 Å². The average molecular weight is 429 g/mol. The van der Waals surface area contributed by atoms with Gasteiger partial charge >= 0.3 is 5.97 Å². The number of hydrogen-bond acceptors (Lipinski definition) is 5. The van der Waals surface area contributed by atoms with E-state index < -0.39 is 16.2 Å². The Morgan fingerprint density at radius 1 is 0.821 bits per heavy atom. The Morgan fingerprint density at radius 2 is 1.18 bits per heavy atom. The molecule has 1 N–H and O–H groups in total. The molecule has 2 rings (SSSR count). The summed E-state index contributed by atoms with van der Waals surface area (Å²) >= 11 is 1.86. The van der Waals surface area contributed by atoms with Gasteiger partial charge in [-0.2, -0.15) is 0 Å². The van der Waals surface area contributed by atoms with Gasteiger partial charge in [-0.3, -0.25) is 0 Å².